The van der Waals surface area contributed by atoms with Crippen LogP contribution in [0.2, 0.25) is 0 Å². The van der Waals surface area contributed by atoms with Crippen molar-refractivity contribution >= 4 is 29.0 Å². The molecule has 0 radical (unpaired) electrons. The molecule has 3 nitrogen and oxygen atoms in total. The molecule has 23 heavy (non-hydrogen) atoms. The third-order valence-corrected chi connectivity index (χ3v) is 6.12. The van der Waals surface area contributed by atoms with Crippen LogP contribution in [0.15, 0.2) is 23.1 Å². The van der Waals surface area contributed by atoms with Crippen LogP contribution in [0.5, 0.6) is 0 Å². The van der Waals surface area contributed by atoms with E-state index >= 15 is 0 Å². The number of likely N-dealkylation sites (N-methyl/N-ethyl adjacent to an activating group) is 1. The number of imide groups is 1. The molecule has 1 aliphatic heterocycles. The van der Waals surface area contributed by atoms with Crippen LogP contribution in [0.4, 0.5) is 4.79 Å². The zero-order chi connectivity index (χ0) is 17.0. The molecule has 122 valence electrons. The summed E-state index contributed by atoms with van der Waals surface area (Å²) in [5.41, 5.74) is 4.07. The lowest BCUT2D eigenvalue weighted by Gasteiger charge is -2.42. The summed E-state index contributed by atoms with van der Waals surface area (Å²) in [7, 11) is 1.52. The van der Waals surface area contributed by atoms with Gasteiger partial charge < -0.3 is 0 Å². The highest BCUT2D eigenvalue weighted by Crippen LogP contribution is 2.46. The van der Waals surface area contributed by atoms with Gasteiger partial charge in [-0.1, -0.05) is 45.9 Å². The Bertz CT molecular complexity index is 731. The second kappa shape index (κ2) is 5.23. The smallest absolute Gasteiger partial charge is 0.272 e. The molecule has 1 aromatic carbocycles. The molecule has 0 saturated carbocycles. The van der Waals surface area contributed by atoms with E-state index in [0.717, 1.165) is 23.7 Å². The number of hydrogen-bond acceptors (Lipinski definition) is 3. The standard InChI is InChI=1S/C19H23NO2S/c1-18(2)8-9-19(3,4)14-10-12(6-7-13(14)18)11-15-16(21)20(5)17(22)23-15/h6-7,10-11H,8-9H2,1-5H3/b15-11-. The zero-order valence-electron chi connectivity index (χ0n) is 14.4. The van der Waals surface area contributed by atoms with Crippen LogP contribution in [-0.2, 0) is 15.6 Å². The molecule has 0 spiro atoms. The van der Waals surface area contributed by atoms with Crippen molar-refractivity contribution in [2.45, 2.75) is 51.4 Å². The van der Waals surface area contributed by atoms with Crippen molar-refractivity contribution in [1.29, 1.82) is 0 Å². The van der Waals surface area contributed by atoms with Crippen molar-refractivity contribution < 1.29 is 9.59 Å². The first-order chi connectivity index (χ1) is 10.6. The number of nitrogens with zero attached hydrogens (tertiary/aromatic N) is 1. The van der Waals surface area contributed by atoms with E-state index in [9.17, 15) is 9.59 Å². The van der Waals surface area contributed by atoms with E-state index in [1.807, 2.05) is 6.08 Å². The molecular formula is C19H23NO2S. The number of benzene rings is 1. The average molecular weight is 329 g/mol. The summed E-state index contributed by atoms with van der Waals surface area (Å²) in [6, 6.07) is 6.45. The molecule has 2 aliphatic rings. The summed E-state index contributed by atoms with van der Waals surface area (Å²) in [6.07, 6.45) is 4.18. The predicted molar refractivity (Wildman–Crippen MR) is 95.5 cm³/mol. The lowest BCUT2D eigenvalue weighted by Crippen LogP contribution is -2.33. The predicted octanol–water partition coefficient (Wildman–Crippen LogP) is 4.70. The quantitative estimate of drug-likeness (QED) is 0.701. The molecule has 0 unspecified atom stereocenters. The molecule has 2 amide bonds. The van der Waals surface area contributed by atoms with E-state index in [1.165, 1.54) is 29.5 Å². The average Bonchev–Trinajstić information content (AvgIpc) is 2.71. The summed E-state index contributed by atoms with van der Waals surface area (Å²) in [5, 5.41) is -0.208. The van der Waals surface area contributed by atoms with Gasteiger partial charge in [-0.05, 0) is 58.2 Å². The third kappa shape index (κ3) is 2.74. The number of thioether (sulfide) groups is 1. The number of amides is 2. The second-order valence-electron chi connectivity index (χ2n) is 7.81. The first-order valence-electron chi connectivity index (χ1n) is 7.98. The van der Waals surface area contributed by atoms with Gasteiger partial charge in [-0.25, -0.2) is 0 Å². The van der Waals surface area contributed by atoms with Crippen molar-refractivity contribution in [3.63, 3.8) is 0 Å². The lowest BCUT2D eigenvalue weighted by molar-refractivity contribution is -0.121. The molecule has 0 atom stereocenters. The highest BCUT2D eigenvalue weighted by Gasteiger charge is 2.37. The lowest BCUT2D eigenvalue weighted by atomic mass is 9.63. The summed E-state index contributed by atoms with van der Waals surface area (Å²) in [4.78, 5) is 25.4. The van der Waals surface area contributed by atoms with Gasteiger partial charge in [-0.2, -0.15) is 0 Å². The minimum atomic E-state index is -0.211. The van der Waals surface area contributed by atoms with E-state index in [4.69, 9.17) is 0 Å². The topological polar surface area (TPSA) is 37.4 Å². The number of carbonyl (C=O) groups excluding carboxylic acids is 2. The van der Waals surface area contributed by atoms with Gasteiger partial charge in [0.2, 0.25) is 0 Å². The van der Waals surface area contributed by atoms with E-state index < -0.39 is 0 Å². The van der Waals surface area contributed by atoms with Crippen LogP contribution in [0.3, 0.4) is 0 Å². The van der Waals surface area contributed by atoms with Gasteiger partial charge in [-0.15, -0.1) is 0 Å². The summed E-state index contributed by atoms with van der Waals surface area (Å²) in [5.74, 6) is -0.211. The van der Waals surface area contributed by atoms with Crippen molar-refractivity contribution in [3.05, 3.63) is 39.8 Å². The van der Waals surface area contributed by atoms with Crippen LogP contribution in [-0.4, -0.2) is 23.1 Å². The van der Waals surface area contributed by atoms with Crippen LogP contribution >= 0.6 is 11.8 Å². The summed E-state index contributed by atoms with van der Waals surface area (Å²) >= 11 is 1.01. The SMILES string of the molecule is CN1C(=O)S/C(=C\c2ccc3c(c2)C(C)(C)CCC3(C)C)C1=O. The van der Waals surface area contributed by atoms with Crippen molar-refractivity contribution in [2.75, 3.05) is 7.05 Å². The van der Waals surface area contributed by atoms with Gasteiger partial charge in [0.15, 0.2) is 0 Å². The molecule has 0 aromatic heterocycles. The van der Waals surface area contributed by atoms with Crippen LogP contribution in [0, 0.1) is 0 Å². The van der Waals surface area contributed by atoms with Crippen LogP contribution in [0.25, 0.3) is 6.08 Å². The van der Waals surface area contributed by atoms with Gasteiger partial charge in [0.1, 0.15) is 0 Å². The molecule has 1 heterocycles. The van der Waals surface area contributed by atoms with Gasteiger partial charge in [0.25, 0.3) is 11.1 Å². The fraction of sp³-hybridized carbons (Fsp3) is 0.474. The highest BCUT2D eigenvalue weighted by molar-refractivity contribution is 8.18. The van der Waals surface area contributed by atoms with Gasteiger partial charge >= 0.3 is 0 Å². The Morgan fingerprint density at radius 2 is 1.65 bits per heavy atom. The summed E-state index contributed by atoms with van der Waals surface area (Å²) in [6.45, 7) is 9.15. The Kier molecular flexibility index (Phi) is 3.71. The van der Waals surface area contributed by atoms with E-state index in [1.54, 1.807) is 0 Å². The Balaban J connectivity index is 2.05. The Morgan fingerprint density at radius 1 is 1.04 bits per heavy atom. The molecule has 1 aliphatic carbocycles. The normalized spacial score (nSPS) is 24.2. The maximum atomic E-state index is 12.1. The molecular weight excluding hydrogens is 306 g/mol. The molecule has 1 fully saturated rings. The highest BCUT2D eigenvalue weighted by atomic mass is 32.2. The molecule has 4 heteroatoms. The third-order valence-electron chi connectivity index (χ3n) is 5.16. The number of fused-ring (bicyclic) bond motifs is 1. The maximum absolute atomic E-state index is 12.1. The number of rotatable bonds is 1. The zero-order valence-corrected chi connectivity index (χ0v) is 15.2. The molecule has 3 rings (SSSR count). The minimum absolute atomic E-state index is 0.138. The van der Waals surface area contributed by atoms with E-state index in [-0.39, 0.29) is 22.0 Å². The Labute approximate surface area is 142 Å². The first kappa shape index (κ1) is 16.3. The van der Waals surface area contributed by atoms with Gasteiger partial charge in [0, 0.05) is 7.05 Å². The van der Waals surface area contributed by atoms with Crippen molar-refractivity contribution in [1.82, 2.24) is 4.90 Å². The maximum Gasteiger partial charge on any atom is 0.293 e. The minimum Gasteiger partial charge on any atom is -0.272 e. The fourth-order valence-electron chi connectivity index (χ4n) is 3.39. The van der Waals surface area contributed by atoms with Crippen molar-refractivity contribution in [3.8, 4) is 0 Å². The van der Waals surface area contributed by atoms with E-state index in [2.05, 4.69) is 45.9 Å². The first-order valence-corrected chi connectivity index (χ1v) is 8.80. The number of carbonyl (C=O) groups is 2. The number of hydrogen-bond donors (Lipinski definition) is 0. The van der Waals surface area contributed by atoms with Gasteiger partial charge in [-0.3, -0.25) is 14.5 Å². The largest absolute Gasteiger partial charge is 0.293 e. The molecule has 0 bridgehead atoms. The van der Waals surface area contributed by atoms with Gasteiger partial charge in [0.05, 0.1) is 4.91 Å². The second-order valence-corrected chi connectivity index (χ2v) is 8.81. The Hall–Kier alpha value is -1.55. The Morgan fingerprint density at radius 3 is 2.22 bits per heavy atom. The van der Waals surface area contributed by atoms with E-state index in [0.29, 0.717) is 4.91 Å². The summed E-state index contributed by atoms with van der Waals surface area (Å²) < 4.78 is 0. The molecule has 0 N–H and O–H groups in total. The monoisotopic (exact) mass is 329 g/mol. The molecule has 1 aromatic rings. The van der Waals surface area contributed by atoms with Crippen molar-refractivity contribution in [2.24, 2.45) is 0 Å². The van der Waals surface area contributed by atoms with Crippen LogP contribution in [0.1, 0.15) is 57.2 Å². The van der Waals surface area contributed by atoms with Crippen LogP contribution < -0.4 is 0 Å². The fourth-order valence-corrected chi connectivity index (χ4v) is 4.22. The molecule has 1 saturated heterocycles.